The number of amides is 2. The van der Waals surface area contributed by atoms with Gasteiger partial charge in [-0.2, -0.15) is 13.9 Å². The zero-order chi connectivity index (χ0) is 22.0. The highest BCUT2D eigenvalue weighted by atomic mass is 19.3. The van der Waals surface area contributed by atoms with E-state index in [1.54, 1.807) is 18.3 Å². The Bertz CT molecular complexity index is 1120. The van der Waals surface area contributed by atoms with E-state index in [0.717, 1.165) is 12.1 Å². The summed E-state index contributed by atoms with van der Waals surface area (Å²) in [5.74, 6) is -1.94. The Labute approximate surface area is 174 Å². The first-order valence-corrected chi connectivity index (χ1v) is 9.23. The normalized spacial score (nSPS) is 13.9. The molecule has 31 heavy (non-hydrogen) atoms. The van der Waals surface area contributed by atoms with Gasteiger partial charge in [-0.3, -0.25) is 14.6 Å². The Kier molecular flexibility index (Phi) is 5.56. The minimum Gasteiger partial charge on any atom is -0.435 e. The van der Waals surface area contributed by atoms with Crippen molar-refractivity contribution in [3.8, 4) is 22.7 Å². The van der Waals surface area contributed by atoms with E-state index in [9.17, 15) is 22.8 Å². The predicted molar refractivity (Wildman–Crippen MR) is 102 cm³/mol. The first-order valence-electron chi connectivity index (χ1n) is 9.23. The maximum atomic E-state index is 14.1. The van der Waals surface area contributed by atoms with E-state index in [1.165, 1.54) is 27.9 Å². The summed E-state index contributed by atoms with van der Waals surface area (Å²) in [4.78, 5) is 29.9. The summed E-state index contributed by atoms with van der Waals surface area (Å²) in [7, 11) is 0. The second-order valence-electron chi connectivity index (χ2n) is 6.67. The molecule has 1 aliphatic rings. The molecule has 2 aromatic heterocycles. The van der Waals surface area contributed by atoms with E-state index >= 15 is 0 Å². The Morgan fingerprint density at radius 1 is 1.23 bits per heavy atom. The summed E-state index contributed by atoms with van der Waals surface area (Å²) in [6, 6.07) is 7.89. The van der Waals surface area contributed by atoms with Gasteiger partial charge >= 0.3 is 6.61 Å². The second kappa shape index (κ2) is 8.46. The molecular weight excluding hydrogens is 415 g/mol. The van der Waals surface area contributed by atoms with E-state index in [4.69, 9.17) is 0 Å². The average Bonchev–Trinajstić information content (AvgIpc) is 3.18. The summed E-state index contributed by atoms with van der Waals surface area (Å²) in [5.41, 5.74) is 0.904. The molecule has 2 amide bonds. The molecule has 160 valence electrons. The van der Waals surface area contributed by atoms with Crippen LogP contribution in [-0.4, -0.2) is 57.7 Å². The Morgan fingerprint density at radius 3 is 2.77 bits per heavy atom. The third kappa shape index (κ3) is 4.49. The lowest BCUT2D eigenvalue weighted by Gasteiger charge is -2.25. The summed E-state index contributed by atoms with van der Waals surface area (Å²) < 4.78 is 45.0. The number of hydrogen-bond donors (Lipinski definition) is 1. The minimum absolute atomic E-state index is 0.00847. The molecule has 0 aliphatic carbocycles. The molecule has 1 saturated heterocycles. The van der Waals surface area contributed by atoms with Crippen molar-refractivity contribution in [1.82, 2.24) is 25.0 Å². The zero-order valence-electron chi connectivity index (χ0n) is 16.0. The van der Waals surface area contributed by atoms with Crippen molar-refractivity contribution in [2.75, 3.05) is 19.6 Å². The van der Waals surface area contributed by atoms with Gasteiger partial charge in [0.15, 0.2) is 5.69 Å². The molecule has 0 saturated carbocycles. The van der Waals surface area contributed by atoms with Gasteiger partial charge in [-0.25, -0.2) is 9.07 Å². The molecule has 0 bridgehead atoms. The first kappa shape index (κ1) is 20.4. The van der Waals surface area contributed by atoms with Crippen molar-refractivity contribution in [1.29, 1.82) is 0 Å². The van der Waals surface area contributed by atoms with E-state index in [-0.39, 0.29) is 35.2 Å². The van der Waals surface area contributed by atoms with E-state index in [2.05, 4.69) is 20.1 Å². The average molecular weight is 431 g/mol. The quantitative estimate of drug-likeness (QED) is 0.670. The maximum absolute atomic E-state index is 14.1. The second-order valence-corrected chi connectivity index (χ2v) is 6.67. The molecule has 1 fully saturated rings. The number of nitrogens with zero attached hydrogens (tertiary/aromatic N) is 4. The third-order valence-corrected chi connectivity index (χ3v) is 4.54. The number of alkyl halides is 2. The lowest BCUT2D eigenvalue weighted by atomic mass is 10.1. The molecule has 3 aromatic rings. The molecule has 8 nitrogen and oxygen atoms in total. The number of nitrogens with one attached hydrogen (secondary N) is 1. The van der Waals surface area contributed by atoms with E-state index < -0.39 is 18.3 Å². The Balaban J connectivity index is 1.79. The van der Waals surface area contributed by atoms with Crippen LogP contribution in [0.4, 0.5) is 13.2 Å². The summed E-state index contributed by atoms with van der Waals surface area (Å²) in [5, 5.41) is 6.95. The number of carbonyl (C=O) groups excluding carboxylic acids is 2. The van der Waals surface area contributed by atoms with Gasteiger partial charge in [0.25, 0.3) is 5.91 Å². The first-order chi connectivity index (χ1) is 14.9. The number of aromatic nitrogens is 3. The number of piperazine rings is 1. The molecule has 1 aliphatic heterocycles. The van der Waals surface area contributed by atoms with Crippen LogP contribution >= 0.6 is 0 Å². The largest absolute Gasteiger partial charge is 0.435 e. The topological polar surface area (TPSA) is 89.4 Å². The van der Waals surface area contributed by atoms with Crippen LogP contribution in [0.2, 0.25) is 0 Å². The van der Waals surface area contributed by atoms with Gasteiger partial charge < -0.3 is 15.0 Å². The molecular formula is C20H16F3N5O3. The van der Waals surface area contributed by atoms with Crippen LogP contribution in [0.5, 0.6) is 5.75 Å². The van der Waals surface area contributed by atoms with Crippen molar-refractivity contribution < 1.29 is 27.5 Å². The molecule has 0 atom stereocenters. The monoisotopic (exact) mass is 431 g/mol. The van der Waals surface area contributed by atoms with Crippen molar-refractivity contribution in [3.05, 3.63) is 60.3 Å². The van der Waals surface area contributed by atoms with Crippen LogP contribution in [0, 0.1) is 5.82 Å². The maximum Gasteiger partial charge on any atom is 0.387 e. The Hall–Kier alpha value is -3.89. The van der Waals surface area contributed by atoms with Crippen LogP contribution in [0.1, 0.15) is 10.5 Å². The van der Waals surface area contributed by atoms with Gasteiger partial charge in [-0.1, -0.05) is 0 Å². The van der Waals surface area contributed by atoms with Gasteiger partial charge in [0, 0.05) is 30.9 Å². The standard InChI is InChI=1S/C20H16F3N5O3/c21-13-6-12(7-15(8-13)31-20(22)23)17-9-16(19(30)27-5-4-25-18(29)11-27)26-28(17)14-2-1-3-24-10-14/h1-3,6-10,20H,4-5,11H2,(H,25,29). The molecule has 1 N–H and O–H groups in total. The number of halogens is 3. The minimum atomic E-state index is -3.12. The smallest absolute Gasteiger partial charge is 0.387 e. The van der Waals surface area contributed by atoms with Crippen LogP contribution in [0.25, 0.3) is 16.9 Å². The van der Waals surface area contributed by atoms with Crippen LogP contribution < -0.4 is 10.1 Å². The van der Waals surface area contributed by atoms with Gasteiger partial charge in [0.05, 0.1) is 24.1 Å². The van der Waals surface area contributed by atoms with Crippen molar-refractivity contribution in [2.24, 2.45) is 0 Å². The number of hydrogen-bond acceptors (Lipinski definition) is 5. The molecule has 1 aromatic carbocycles. The predicted octanol–water partition coefficient (Wildman–Crippen LogP) is 2.25. The highest BCUT2D eigenvalue weighted by Crippen LogP contribution is 2.29. The van der Waals surface area contributed by atoms with Crippen LogP contribution in [-0.2, 0) is 4.79 Å². The van der Waals surface area contributed by atoms with Gasteiger partial charge in [0.1, 0.15) is 11.6 Å². The Morgan fingerprint density at radius 2 is 2.06 bits per heavy atom. The van der Waals surface area contributed by atoms with E-state index in [0.29, 0.717) is 18.8 Å². The molecule has 11 heteroatoms. The number of rotatable bonds is 5. The molecule has 0 radical (unpaired) electrons. The highest BCUT2D eigenvalue weighted by Gasteiger charge is 2.26. The van der Waals surface area contributed by atoms with Gasteiger partial charge in [-0.05, 0) is 30.3 Å². The number of ether oxygens (including phenoxy) is 1. The fraction of sp³-hybridized carbons (Fsp3) is 0.200. The summed E-state index contributed by atoms with van der Waals surface area (Å²) in [6.45, 7) is -2.61. The fourth-order valence-corrected chi connectivity index (χ4v) is 3.22. The van der Waals surface area contributed by atoms with Crippen molar-refractivity contribution in [3.63, 3.8) is 0 Å². The van der Waals surface area contributed by atoms with Crippen LogP contribution in [0.3, 0.4) is 0 Å². The fourth-order valence-electron chi connectivity index (χ4n) is 3.22. The third-order valence-electron chi connectivity index (χ3n) is 4.54. The molecule has 4 rings (SSSR count). The zero-order valence-corrected chi connectivity index (χ0v) is 16.0. The molecule has 0 unspecified atom stereocenters. The van der Waals surface area contributed by atoms with E-state index in [1.807, 2.05) is 0 Å². The SMILES string of the molecule is O=C1CN(C(=O)c2cc(-c3cc(F)cc(OC(F)F)c3)n(-c3cccnc3)n2)CCN1. The van der Waals surface area contributed by atoms with Gasteiger partial charge in [-0.15, -0.1) is 0 Å². The summed E-state index contributed by atoms with van der Waals surface area (Å²) in [6.07, 6.45) is 3.02. The van der Waals surface area contributed by atoms with Crippen molar-refractivity contribution in [2.45, 2.75) is 6.61 Å². The molecule has 3 heterocycles. The summed E-state index contributed by atoms with van der Waals surface area (Å²) >= 11 is 0. The molecule has 0 spiro atoms. The number of pyridine rings is 1. The number of benzene rings is 1. The van der Waals surface area contributed by atoms with Crippen molar-refractivity contribution >= 4 is 11.8 Å². The van der Waals surface area contributed by atoms with Gasteiger partial charge in [0.2, 0.25) is 5.91 Å². The lowest BCUT2D eigenvalue weighted by molar-refractivity contribution is -0.123. The highest BCUT2D eigenvalue weighted by molar-refractivity contribution is 5.96. The number of carbonyl (C=O) groups is 2. The lowest BCUT2D eigenvalue weighted by Crippen LogP contribution is -2.50. The van der Waals surface area contributed by atoms with Crippen LogP contribution in [0.15, 0.2) is 48.8 Å².